The van der Waals surface area contributed by atoms with Crippen molar-refractivity contribution in [3.8, 4) is 23.0 Å². The zero-order chi connectivity index (χ0) is 50.1. The molecule has 386 valence electrons. The molecule has 0 radical (unpaired) electrons. The number of piperazine rings is 2. The number of aliphatic hydroxyl groups is 1. The molecule has 2 saturated carbocycles. The van der Waals surface area contributed by atoms with Crippen LogP contribution in [0.1, 0.15) is 94.6 Å². The number of aromatic hydroxyl groups is 1. The molecular formula is C55H62F5N9O4. The van der Waals surface area contributed by atoms with E-state index >= 15 is 22.0 Å². The van der Waals surface area contributed by atoms with Gasteiger partial charge in [-0.2, -0.15) is 9.97 Å². The van der Waals surface area contributed by atoms with Crippen molar-refractivity contribution >= 4 is 39.1 Å². The van der Waals surface area contributed by atoms with Crippen LogP contribution in [-0.2, 0) is 11.2 Å². The van der Waals surface area contributed by atoms with E-state index in [4.69, 9.17) is 14.7 Å². The van der Waals surface area contributed by atoms with Gasteiger partial charge in [0.1, 0.15) is 52.1 Å². The average Bonchev–Trinajstić information content (AvgIpc) is 4.05. The number of fused-ring (bicyclic) bond motifs is 6. The molecule has 3 aromatic carbocycles. The topological polar surface area (TPSA) is 142 Å². The van der Waals surface area contributed by atoms with Crippen LogP contribution in [0.25, 0.3) is 32.9 Å². The molecule has 5 aromatic rings. The number of aromatic nitrogens is 3. The highest BCUT2D eigenvalue weighted by atomic mass is 19.2. The number of phenolic OH excluding ortho intramolecular Hbond substituents is 1. The molecule has 6 atom stereocenters. The molecule has 1 amide bonds. The van der Waals surface area contributed by atoms with Crippen molar-refractivity contribution in [3.63, 3.8) is 0 Å². The van der Waals surface area contributed by atoms with Gasteiger partial charge in [0.15, 0.2) is 5.82 Å². The first-order valence-corrected chi connectivity index (χ1v) is 26.5. The zero-order valence-corrected chi connectivity index (χ0v) is 41.1. The summed E-state index contributed by atoms with van der Waals surface area (Å²) in [7, 11) is 0. The van der Waals surface area contributed by atoms with Crippen LogP contribution in [0, 0.1) is 34.1 Å². The number of alkyl halides is 1. The second-order valence-corrected chi connectivity index (χ2v) is 23.2. The highest BCUT2D eigenvalue weighted by Crippen LogP contribution is 2.53. The molecule has 6 unspecified atom stereocenters. The standard InChI is InChI=1S/C55H62F5N9O4/c1-2-37-41(56)7-3-30-15-36(70)19-39(45(30)37)48-47(59)49-40(20-61-48)50(68-21-31-4-5-32(22-68)62-31)65-52(64-49)73-29-54(9-10-54)27-66-25-53(26-66)11-13-55(60,14-12-53)28-69-34-16-35(69)24-67(23-34)33-17-42(57)46(43(58)18-33)38-6-8-44(71)63-51(38)72/h3,7,15,17-20,31-32,34-35,38,44,62,70-71H,2,4-6,8-14,16,21-29H2,1H3,(H,63,72). The molecule has 14 rings (SSSR count). The highest BCUT2D eigenvalue weighted by Gasteiger charge is 2.55. The van der Waals surface area contributed by atoms with Crippen LogP contribution in [0.4, 0.5) is 33.5 Å². The molecule has 9 fully saturated rings. The summed E-state index contributed by atoms with van der Waals surface area (Å²) in [4.78, 5) is 35.6. The molecule has 7 saturated heterocycles. The fourth-order valence-electron chi connectivity index (χ4n) is 14.1. The molecule has 4 bridgehead atoms. The van der Waals surface area contributed by atoms with Gasteiger partial charge in [-0.25, -0.2) is 22.0 Å². The summed E-state index contributed by atoms with van der Waals surface area (Å²) in [5, 5.41) is 28.1. The van der Waals surface area contributed by atoms with E-state index in [1.165, 1.54) is 24.3 Å². The van der Waals surface area contributed by atoms with Crippen molar-refractivity contribution in [2.45, 2.75) is 126 Å². The minimum Gasteiger partial charge on any atom is -0.508 e. The molecule has 7 aliphatic heterocycles. The van der Waals surface area contributed by atoms with Crippen LogP contribution >= 0.6 is 0 Å². The number of carbonyl (C=O) groups excluding carboxylic acids is 1. The maximum absolute atomic E-state index is 17.2. The lowest BCUT2D eigenvalue weighted by atomic mass is 9.64. The number of pyridine rings is 1. The number of nitrogens with one attached hydrogen (secondary N) is 2. The second kappa shape index (κ2) is 17.6. The van der Waals surface area contributed by atoms with E-state index in [9.17, 15) is 15.0 Å². The zero-order valence-electron chi connectivity index (χ0n) is 41.1. The van der Waals surface area contributed by atoms with E-state index in [1.807, 2.05) is 11.8 Å². The molecular weight excluding hydrogens is 946 g/mol. The highest BCUT2D eigenvalue weighted by molar-refractivity contribution is 6.02. The summed E-state index contributed by atoms with van der Waals surface area (Å²) in [6, 6.07) is 9.40. The van der Waals surface area contributed by atoms with Gasteiger partial charge in [0.2, 0.25) is 5.91 Å². The maximum Gasteiger partial charge on any atom is 0.319 e. The van der Waals surface area contributed by atoms with Crippen molar-refractivity contribution in [1.29, 1.82) is 0 Å². The van der Waals surface area contributed by atoms with Gasteiger partial charge in [-0.05, 0) is 129 Å². The summed E-state index contributed by atoms with van der Waals surface area (Å²) < 4.78 is 86.5. The van der Waals surface area contributed by atoms with Crippen molar-refractivity contribution in [2.24, 2.45) is 10.8 Å². The van der Waals surface area contributed by atoms with Gasteiger partial charge in [-0.1, -0.05) is 13.0 Å². The van der Waals surface area contributed by atoms with Gasteiger partial charge in [0, 0.05) is 105 Å². The molecule has 9 aliphatic rings. The quantitative estimate of drug-likeness (QED) is 0.0914. The van der Waals surface area contributed by atoms with E-state index in [0.717, 1.165) is 64.6 Å². The Morgan fingerprint density at radius 1 is 0.836 bits per heavy atom. The molecule has 13 nitrogen and oxygen atoms in total. The van der Waals surface area contributed by atoms with Crippen molar-refractivity contribution in [1.82, 2.24) is 35.4 Å². The number of benzene rings is 3. The van der Waals surface area contributed by atoms with Crippen LogP contribution in [0.5, 0.6) is 11.8 Å². The summed E-state index contributed by atoms with van der Waals surface area (Å²) in [5.74, 6) is -3.72. The Morgan fingerprint density at radius 2 is 1.56 bits per heavy atom. The number of rotatable bonds is 12. The number of aryl methyl sites for hydroxylation is 1. The van der Waals surface area contributed by atoms with Gasteiger partial charge >= 0.3 is 6.01 Å². The summed E-state index contributed by atoms with van der Waals surface area (Å²) in [5.41, 5.74) is -0.428. The Hall–Kier alpha value is -5.43. The molecule has 9 heterocycles. The van der Waals surface area contributed by atoms with Crippen molar-refractivity contribution in [2.75, 3.05) is 68.8 Å². The molecule has 18 heteroatoms. The minimum atomic E-state index is -1.29. The molecule has 73 heavy (non-hydrogen) atoms. The Kier molecular flexibility index (Phi) is 11.4. The number of hydrogen-bond donors (Lipinski definition) is 4. The maximum atomic E-state index is 17.2. The van der Waals surface area contributed by atoms with Crippen LogP contribution in [0.2, 0.25) is 0 Å². The number of likely N-dealkylation sites (tertiary alicyclic amines) is 1. The Balaban J connectivity index is 0.652. The first-order valence-electron chi connectivity index (χ1n) is 26.5. The number of amides is 1. The number of ether oxygens (including phenoxy) is 1. The lowest BCUT2D eigenvalue weighted by Gasteiger charge is -2.60. The fraction of sp³-hybridized carbons (Fsp3) is 0.564. The van der Waals surface area contributed by atoms with E-state index in [-0.39, 0.29) is 81.9 Å². The van der Waals surface area contributed by atoms with Gasteiger partial charge in [0.05, 0.1) is 17.9 Å². The number of anilines is 2. The van der Waals surface area contributed by atoms with Crippen LogP contribution in [0.15, 0.2) is 42.6 Å². The number of piperidine rings is 2. The largest absolute Gasteiger partial charge is 0.508 e. The number of phenols is 1. The Bertz CT molecular complexity index is 2990. The Morgan fingerprint density at radius 3 is 2.25 bits per heavy atom. The predicted molar refractivity (Wildman–Crippen MR) is 265 cm³/mol. The third kappa shape index (κ3) is 8.42. The normalized spacial score (nSPS) is 28.1. The van der Waals surface area contributed by atoms with Gasteiger partial charge in [-0.15, -0.1) is 0 Å². The first-order chi connectivity index (χ1) is 35.1. The smallest absolute Gasteiger partial charge is 0.319 e. The molecule has 2 aliphatic carbocycles. The van der Waals surface area contributed by atoms with E-state index in [1.54, 1.807) is 18.3 Å². The van der Waals surface area contributed by atoms with Crippen LogP contribution < -0.4 is 25.2 Å². The van der Waals surface area contributed by atoms with Crippen molar-refractivity contribution in [3.05, 3.63) is 77.0 Å². The lowest BCUT2D eigenvalue weighted by Crippen LogP contribution is -2.71. The number of aliphatic hydroxyl groups excluding tert-OH is 1. The predicted octanol–water partition coefficient (Wildman–Crippen LogP) is 7.63. The van der Waals surface area contributed by atoms with Crippen LogP contribution in [0.3, 0.4) is 0 Å². The van der Waals surface area contributed by atoms with Crippen molar-refractivity contribution < 1.29 is 41.7 Å². The minimum absolute atomic E-state index is 0.0360. The van der Waals surface area contributed by atoms with Gasteiger partial charge in [0.25, 0.3) is 0 Å². The number of nitrogens with zero attached hydrogens (tertiary/aromatic N) is 7. The molecule has 2 aromatic heterocycles. The SMILES string of the molecule is CCc1c(F)ccc2cc(O)cc(-c3ncc4c(N5CC6CCC(C5)N6)nc(OCC5(CN6CC7(CCC(F)(CN8C9CC8CN(c8cc(F)c(C%10CCC(O)NC%10=O)c(F)c8)C9)CC7)C6)CC5)nc4c3F)c12. The third-order valence-electron chi connectivity index (χ3n) is 18.2. The third-order valence-corrected chi connectivity index (χ3v) is 18.2. The second-order valence-electron chi connectivity index (χ2n) is 23.2. The van der Waals surface area contributed by atoms with E-state index < -0.39 is 47.0 Å². The Labute approximate surface area is 420 Å². The van der Waals surface area contributed by atoms with Crippen LogP contribution in [-0.4, -0.2) is 136 Å². The number of hydrogen-bond acceptors (Lipinski definition) is 12. The average molecular weight is 1010 g/mol. The fourth-order valence-corrected chi connectivity index (χ4v) is 14.1. The van der Waals surface area contributed by atoms with Gasteiger partial charge < -0.3 is 40.3 Å². The summed E-state index contributed by atoms with van der Waals surface area (Å²) in [6.07, 6.45) is 8.94. The number of carbonyl (C=O) groups is 1. The van der Waals surface area contributed by atoms with E-state index in [2.05, 4.69) is 30.3 Å². The monoisotopic (exact) mass is 1010 g/mol. The number of halogens is 5. The lowest BCUT2D eigenvalue weighted by molar-refractivity contribution is -0.128. The summed E-state index contributed by atoms with van der Waals surface area (Å²) >= 11 is 0. The summed E-state index contributed by atoms with van der Waals surface area (Å²) in [6.45, 7) is 7.72. The van der Waals surface area contributed by atoms with E-state index in [0.29, 0.717) is 91.8 Å². The van der Waals surface area contributed by atoms with Gasteiger partial charge in [-0.3, -0.25) is 14.7 Å². The molecule has 1 spiro atoms. The molecule has 4 N–H and O–H groups in total. The first kappa shape index (κ1) is 47.3.